The summed E-state index contributed by atoms with van der Waals surface area (Å²) in [4.78, 5) is 15.8. The van der Waals surface area contributed by atoms with E-state index in [1.165, 1.54) is 12.1 Å². The van der Waals surface area contributed by atoms with Gasteiger partial charge in [0.2, 0.25) is 0 Å². The van der Waals surface area contributed by atoms with E-state index < -0.39 is 5.97 Å². The van der Waals surface area contributed by atoms with Crippen LogP contribution in [0.25, 0.3) is 16.7 Å². The summed E-state index contributed by atoms with van der Waals surface area (Å²) in [5, 5.41) is 15.2. The molecule has 25 heavy (non-hydrogen) atoms. The zero-order valence-corrected chi connectivity index (χ0v) is 14.2. The molecule has 0 bridgehead atoms. The maximum Gasteiger partial charge on any atom is 0.354 e. The van der Waals surface area contributed by atoms with E-state index in [-0.39, 0.29) is 11.5 Å². The third kappa shape index (κ3) is 2.48. The Bertz CT molecular complexity index is 994. The Morgan fingerprint density at radius 3 is 2.56 bits per heavy atom. The lowest BCUT2D eigenvalue weighted by Gasteiger charge is -2.23. The summed E-state index contributed by atoms with van der Waals surface area (Å²) in [6.07, 6.45) is 3.17. The molecule has 1 N–H and O–H groups in total. The highest BCUT2D eigenvalue weighted by Crippen LogP contribution is 2.42. The van der Waals surface area contributed by atoms with E-state index in [0.29, 0.717) is 33.2 Å². The van der Waals surface area contributed by atoms with E-state index in [1.807, 2.05) is 0 Å². The summed E-state index contributed by atoms with van der Waals surface area (Å²) < 4.78 is 14.8. The molecule has 2 heterocycles. The zero-order chi connectivity index (χ0) is 17.7. The third-order valence-electron chi connectivity index (χ3n) is 4.78. The van der Waals surface area contributed by atoms with Crippen molar-refractivity contribution in [2.24, 2.45) is 0 Å². The second kappa shape index (κ2) is 5.81. The van der Waals surface area contributed by atoms with Crippen molar-refractivity contribution in [3.05, 3.63) is 52.1 Å². The molecule has 5 nitrogen and oxygen atoms in total. The molecular formula is C18H15ClFN3O2. The van der Waals surface area contributed by atoms with Crippen LogP contribution in [0.15, 0.2) is 24.3 Å². The van der Waals surface area contributed by atoms with Crippen LogP contribution in [0, 0.1) is 12.7 Å². The number of halogens is 2. The smallest absolute Gasteiger partial charge is 0.354 e. The van der Waals surface area contributed by atoms with Crippen LogP contribution in [0.3, 0.4) is 0 Å². The standard InChI is InChI=1S/C18H15ClFN3O2/c1-9-14(19)13-16(10-3-2-4-10)22-23(12-7-5-11(20)6-8-12)17(13)21-15(9)18(24)25/h5-8,10H,2-4H2,1H3,(H,24,25). The van der Waals surface area contributed by atoms with Gasteiger partial charge < -0.3 is 5.11 Å². The molecule has 4 rings (SSSR count). The number of aromatic nitrogens is 3. The Morgan fingerprint density at radius 1 is 1.32 bits per heavy atom. The average molecular weight is 360 g/mol. The van der Waals surface area contributed by atoms with Crippen molar-refractivity contribution < 1.29 is 14.3 Å². The van der Waals surface area contributed by atoms with Gasteiger partial charge in [0.15, 0.2) is 11.3 Å². The first-order chi connectivity index (χ1) is 12.0. The van der Waals surface area contributed by atoms with Crippen LogP contribution >= 0.6 is 11.6 Å². The number of hydrogen-bond donors (Lipinski definition) is 1. The number of aromatic carboxylic acids is 1. The van der Waals surface area contributed by atoms with Crippen LogP contribution < -0.4 is 0 Å². The van der Waals surface area contributed by atoms with E-state index in [9.17, 15) is 14.3 Å². The van der Waals surface area contributed by atoms with Crippen molar-refractivity contribution in [1.82, 2.24) is 14.8 Å². The number of carboxylic acid groups (broad SMARTS) is 1. The van der Waals surface area contributed by atoms with E-state index in [2.05, 4.69) is 10.1 Å². The van der Waals surface area contributed by atoms with Crippen molar-refractivity contribution in [3.63, 3.8) is 0 Å². The summed E-state index contributed by atoms with van der Waals surface area (Å²) >= 11 is 6.51. The van der Waals surface area contributed by atoms with Gasteiger partial charge in [-0.05, 0) is 44.0 Å². The SMILES string of the molecule is Cc1c(C(=O)O)nc2c(c(C3CCC3)nn2-c2ccc(F)cc2)c1Cl. The molecule has 0 aliphatic heterocycles. The molecule has 1 aliphatic rings. The fourth-order valence-corrected chi connectivity index (χ4v) is 3.43. The lowest BCUT2D eigenvalue weighted by atomic mass is 9.82. The summed E-state index contributed by atoms with van der Waals surface area (Å²) in [7, 11) is 0. The zero-order valence-electron chi connectivity index (χ0n) is 13.5. The molecule has 7 heteroatoms. The Balaban J connectivity index is 2.05. The molecule has 1 fully saturated rings. The summed E-state index contributed by atoms with van der Waals surface area (Å²) in [6.45, 7) is 1.65. The lowest BCUT2D eigenvalue weighted by molar-refractivity contribution is 0.0690. The summed E-state index contributed by atoms with van der Waals surface area (Å²) in [5.41, 5.74) is 2.17. The fraction of sp³-hybridized carbons (Fsp3) is 0.278. The van der Waals surface area contributed by atoms with Gasteiger partial charge in [0, 0.05) is 11.5 Å². The van der Waals surface area contributed by atoms with Gasteiger partial charge in [-0.25, -0.2) is 18.9 Å². The van der Waals surface area contributed by atoms with E-state index >= 15 is 0 Å². The summed E-state index contributed by atoms with van der Waals surface area (Å²) in [6, 6.07) is 5.84. The van der Waals surface area contributed by atoms with E-state index in [0.717, 1.165) is 25.0 Å². The van der Waals surface area contributed by atoms with Gasteiger partial charge in [-0.2, -0.15) is 5.10 Å². The predicted octanol–water partition coefficient (Wildman–Crippen LogP) is 4.49. The van der Waals surface area contributed by atoms with Crippen molar-refractivity contribution in [2.45, 2.75) is 32.1 Å². The Hall–Kier alpha value is -2.47. The van der Waals surface area contributed by atoms with Gasteiger partial charge in [0.05, 0.1) is 21.8 Å². The van der Waals surface area contributed by atoms with Crippen LogP contribution in [0.5, 0.6) is 0 Å². The molecule has 0 spiro atoms. The number of fused-ring (bicyclic) bond motifs is 1. The molecule has 2 aromatic heterocycles. The third-order valence-corrected chi connectivity index (χ3v) is 5.25. The molecule has 0 unspecified atom stereocenters. The molecule has 1 saturated carbocycles. The van der Waals surface area contributed by atoms with E-state index in [4.69, 9.17) is 11.6 Å². The number of nitrogens with zero attached hydrogens (tertiary/aromatic N) is 3. The molecular weight excluding hydrogens is 345 g/mol. The predicted molar refractivity (Wildman–Crippen MR) is 92.1 cm³/mol. The lowest BCUT2D eigenvalue weighted by Crippen LogP contribution is -2.10. The highest BCUT2D eigenvalue weighted by atomic mass is 35.5. The molecule has 0 atom stereocenters. The number of carbonyl (C=O) groups is 1. The topological polar surface area (TPSA) is 68.0 Å². The minimum Gasteiger partial charge on any atom is -0.477 e. The number of hydrogen-bond acceptors (Lipinski definition) is 3. The first-order valence-corrected chi connectivity index (χ1v) is 8.43. The Labute approximate surface area is 148 Å². The van der Waals surface area contributed by atoms with Crippen molar-refractivity contribution in [3.8, 4) is 5.69 Å². The average Bonchev–Trinajstić information content (AvgIpc) is 2.89. The highest BCUT2D eigenvalue weighted by Gasteiger charge is 2.29. The summed E-state index contributed by atoms with van der Waals surface area (Å²) in [5.74, 6) is -1.20. The van der Waals surface area contributed by atoms with Crippen LogP contribution in [-0.2, 0) is 0 Å². The minimum atomic E-state index is -1.14. The maximum atomic E-state index is 13.3. The van der Waals surface area contributed by atoms with Gasteiger partial charge in [-0.15, -0.1) is 0 Å². The van der Waals surface area contributed by atoms with Gasteiger partial charge in [-0.1, -0.05) is 18.0 Å². The van der Waals surface area contributed by atoms with E-state index in [1.54, 1.807) is 23.7 Å². The van der Waals surface area contributed by atoms with Crippen molar-refractivity contribution in [1.29, 1.82) is 0 Å². The maximum absolute atomic E-state index is 13.3. The largest absolute Gasteiger partial charge is 0.477 e. The molecule has 1 aromatic carbocycles. The number of rotatable bonds is 3. The Morgan fingerprint density at radius 2 is 2.00 bits per heavy atom. The van der Waals surface area contributed by atoms with Gasteiger partial charge in [-0.3, -0.25) is 0 Å². The van der Waals surface area contributed by atoms with Crippen LogP contribution in [0.1, 0.15) is 46.9 Å². The van der Waals surface area contributed by atoms with Crippen LogP contribution in [0.2, 0.25) is 5.02 Å². The normalized spacial score (nSPS) is 14.7. The number of carboxylic acids is 1. The molecule has 0 radical (unpaired) electrons. The minimum absolute atomic E-state index is 0.0964. The fourth-order valence-electron chi connectivity index (χ4n) is 3.16. The quantitative estimate of drug-likeness (QED) is 0.748. The van der Waals surface area contributed by atoms with Crippen LogP contribution in [0.4, 0.5) is 4.39 Å². The molecule has 3 aromatic rings. The van der Waals surface area contributed by atoms with Crippen molar-refractivity contribution in [2.75, 3.05) is 0 Å². The van der Waals surface area contributed by atoms with Crippen molar-refractivity contribution >= 4 is 28.6 Å². The Kier molecular flexibility index (Phi) is 3.72. The molecule has 128 valence electrons. The first kappa shape index (κ1) is 16.0. The first-order valence-electron chi connectivity index (χ1n) is 8.05. The molecule has 0 amide bonds. The molecule has 0 saturated heterocycles. The second-order valence-electron chi connectivity index (χ2n) is 6.30. The van der Waals surface area contributed by atoms with Gasteiger partial charge in [0.1, 0.15) is 5.82 Å². The van der Waals surface area contributed by atoms with Gasteiger partial charge >= 0.3 is 5.97 Å². The van der Waals surface area contributed by atoms with Crippen LogP contribution in [-0.4, -0.2) is 25.8 Å². The molecule has 1 aliphatic carbocycles. The second-order valence-corrected chi connectivity index (χ2v) is 6.68. The van der Waals surface area contributed by atoms with Gasteiger partial charge in [0.25, 0.3) is 0 Å². The highest BCUT2D eigenvalue weighted by molar-refractivity contribution is 6.36. The number of benzene rings is 1. The monoisotopic (exact) mass is 359 g/mol. The number of pyridine rings is 1.